The molecule has 1 rings (SSSR count). The normalized spacial score (nSPS) is 28.3. The zero-order valence-electron chi connectivity index (χ0n) is 5.38. The molecule has 0 aromatic carbocycles. The lowest BCUT2D eigenvalue weighted by atomic mass is 10.4. The van der Waals surface area contributed by atoms with Gasteiger partial charge in [-0.05, 0) is 18.9 Å². The van der Waals surface area contributed by atoms with Crippen LogP contribution in [0.5, 0.6) is 0 Å². The van der Waals surface area contributed by atoms with Crippen LogP contribution in [0.1, 0.15) is 12.8 Å². The van der Waals surface area contributed by atoms with Gasteiger partial charge in [0, 0.05) is 6.61 Å². The van der Waals surface area contributed by atoms with E-state index < -0.39 is 9.28 Å². The molecule has 1 aliphatic rings. The molecule has 0 aromatic rings. The van der Waals surface area contributed by atoms with Gasteiger partial charge >= 0.3 is 9.28 Å². The topological polar surface area (TPSA) is 18.5 Å². The van der Waals surface area contributed by atoms with Crippen molar-refractivity contribution < 1.29 is 8.85 Å². The van der Waals surface area contributed by atoms with Crippen LogP contribution in [-0.2, 0) is 8.85 Å². The van der Waals surface area contributed by atoms with Crippen LogP contribution in [0.4, 0.5) is 0 Å². The van der Waals surface area contributed by atoms with Crippen molar-refractivity contribution in [3.05, 3.63) is 0 Å². The summed E-state index contributed by atoms with van der Waals surface area (Å²) in [4.78, 5) is 0. The lowest BCUT2D eigenvalue weighted by molar-refractivity contribution is 0.200. The fourth-order valence-electron chi connectivity index (χ4n) is 0.926. The summed E-state index contributed by atoms with van der Waals surface area (Å²) in [6.45, 7) is 0.907. The fourth-order valence-corrected chi connectivity index (χ4v) is 3.07. The first kappa shape index (κ1) is 7.59. The van der Waals surface area contributed by atoms with E-state index in [1.165, 1.54) is 18.9 Å². The number of hydrogen-bond donors (Lipinski definition) is 1. The Morgan fingerprint density at radius 3 is 3.00 bits per heavy atom. The molecule has 4 heteroatoms. The summed E-state index contributed by atoms with van der Waals surface area (Å²) in [7, 11) is -1.20. The second-order valence-electron chi connectivity index (χ2n) is 2.09. The lowest BCUT2D eigenvalue weighted by Crippen LogP contribution is -2.26. The Kier molecular flexibility index (Phi) is 3.65. The van der Waals surface area contributed by atoms with Crippen LogP contribution in [0.3, 0.4) is 0 Å². The molecular formula is C5H12O2SSi. The molecule has 1 aliphatic heterocycles. The van der Waals surface area contributed by atoms with Crippen LogP contribution in [-0.4, -0.2) is 21.8 Å². The third-order valence-corrected chi connectivity index (χ3v) is 3.85. The van der Waals surface area contributed by atoms with Gasteiger partial charge in [0.05, 0.1) is 5.94 Å². The van der Waals surface area contributed by atoms with Crippen molar-refractivity contribution in [2.75, 3.05) is 12.5 Å². The Bertz CT molecular complexity index is 72.6. The first-order chi connectivity index (χ1) is 4.43. The predicted octanol–water partition coefficient (Wildman–Crippen LogP) is 0.921. The molecule has 1 unspecified atom stereocenters. The molecule has 0 amide bonds. The van der Waals surface area contributed by atoms with E-state index in [9.17, 15) is 0 Å². The van der Waals surface area contributed by atoms with Crippen molar-refractivity contribution in [3.8, 4) is 0 Å². The van der Waals surface area contributed by atoms with Crippen LogP contribution in [0.25, 0.3) is 0 Å². The number of hydrogen-bond acceptors (Lipinski definition) is 3. The first-order valence-corrected chi connectivity index (χ1v) is 5.66. The molecule has 1 saturated heterocycles. The summed E-state index contributed by atoms with van der Waals surface area (Å²) in [5, 5.41) is 0. The Hall–Kier alpha value is 0.487. The highest BCUT2D eigenvalue weighted by Crippen LogP contribution is 2.11. The van der Waals surface area contributed by atoms with E-state index >= 15 is 0 Å². The largest absolute Gasteiger partial charge is 0.397 e. The molecule has 0 aliphatic carbocycles. The minimum atomic E-state index is -1.20. The molecule has 9 heavy (non-hydrogen) atoms. The van der Waals surface area contributed by atoms with Gasteiger partial charge in [-0.1, -0.05) is 0 Å². The zero-order chi connectivity index (χ0) is 6.53. The lowest BCUT2D eigenvalue weighted by Gasteiger charge is -2.19. The highest BCUT2D eigenvalue weighted by atomic mass is 32.1. The minimum Gasteiger partial charge on any atom is -0.397 e. The molecule has 0 saturated carbocycles. The summed E-state index contributed by atoms with van der Waals surface area (Å²) in [5.41, 5.74) is 0. The molecule has 1 fully saturated rings. The van der Waals surface area contributed by atoms with Gasteiger partial charge in [0.1, 0.15) is 0 Å². The number of thiol groups is 1. The van der Waals surface area contributed by atoms with E-state index in [4.69, 9.17) is 8.85 Å². The molecule has 0 bridgehead atoms. The van der Waals surface area contributed by atoms with Crippen molar-refractivity contribution in [1.29, 1.82) is 0 Å². The average Bonchev–Trinajstić information content (AvgIpc) is 1.91. The molecule has 0 spiro atoms. The third kappa shape index (κ3) is 2.71. The van der Waals surface area contributed by atoms with E-state index in [1.54, 1.807) is 0 Å². The molecule has 2 nitrogen and oxygen atoms in total. The quantitative estimate of drug-likeness (QED) is 0.372. The molecule has 0 radical (unpaired) electrons. The third-order valence-electron chi connectivity index (χ3n) is 1.40. The average molecular weight is 164 g/mol. The van der Waals surface area contributed by atoms with Crippen molar-refractivity contribution in [1.82, 2.24) is 0 Å². The standard InChI is InChI=1S/C5H12O2SSi/c8-5-7-9-4-2-1-3-6-9/h8-9H,1-5H2. The predicted molar refractivity (Wildman–Crippen MR) is 42.1 cm³/mol. The highest BCUT2D eigenvalue weighted by Gasteiger charge is 2.15. The molecule has 1 heterocycles. The maximum Gasteiger partial charge on any atom is 0.322 e. The summed E-state index contributed by atoms with van der Waals surface area (Å²) < 4.78 is 10.6. The Labute approximate surface area is 62.8 Å². The van der Waals surface area contributed by atoms with E-state index in [0.717, 1.165) is 6.61 Å². The molecule has 0 N–H and O–H groups in total. The second kappa shape index (κ2) is 4.33. The van der Waals surface area contributed by atoms with Crippen LogP contribution >= 0.6 is 12.6 Å². The van der Waals surface area contributed by atoms with Gasteiger partial charge in [-0.2, -0.15) is 12.6 Å². The molecule has 54 valence electrons. The van der Waals surface area contributed by atoms with Crippen molar-refractivity contribution in [2.24, 2.45) is 0 Å². The maximum atomic E-state index is 5.39. The smallest absolute Gasteiger partial charge is 0.322 e. The van der Waals surface area contributed by atoms with E-state index in [2.05, 4.69) is 12.6 Å². The van der Waals surface area contributed by atoms with Gasteiger partial charge in [-0.25, -0.2) is 0 Å². The van der Waals surface area contributed by atoms with E-state index in [-0.39, 0.29) is 0 Å². The minimum absolute atomic E-state index is 0.525. The van der Waals surface area contributed by atoms with Gasteiger partial charge in [0.25, 0.3) is 0 Å². The number of rotatable bonds is 2. The Morgan fingerprint density at radius 1 is 1.56 bits per heavy atom. The molecule has 0 aromatic heterocycles. The van der Waals surface area contributed by atoms with Gasteiger partial charge < -0.3 is 8.85 Å². The van der Waals surface area contributed by atoms with Gasteiger partial charge in [-0.15, -0.1) is 0 Å². The SMILES string of the molecule is SCO[SiH]1CCCCO1. The summed E-state index contributed by atoms with van der Waals surface area (Å²) in [6, 6.07) is 1.17. The zero-order valence-corrected chi connectivity index (χ0v) is 7.43. The summed E-state index contributed by atoms with van der Waals surface area (Å²) in [6.07, 6.45) is 2.49. The van der Waals surface area contributed by atoms with Gasteiger partial charge in [0.15, 0.2) is 0 Å². The van der Waals surface area contributed by atoms with Gasteiger partial charge in [0.2, 0.25) is 0 Å². The summed E-state index contributed by atoms with van der Waals surface area (Å²) in [5.74, 6) is 0.525. The van der Waals surface area contributed by atoms with Crippen LogP contribution in [0, 0.1) is 0 Å². The Balaban J connectivity index is 2.08. The van der Waals surface area contributed by atoms with Crippen LogP contribution in [0.15, 0.2) is 0 Å². The Morgan fingerprint density at radius 2 is 2.44 bits per heavy atom. The maximum absolute atomic E-state index is 5.39. The van der Waals surface area contributed by atoms with Crippen molar-refractivity contribution in [2.45, 2.75) is 18.9 Å². The monoisotopic (exact) mass is 164 g/mol. The van der Waals surface area contributed by atoms with E-state index in [1.807, 2.05) is 0 Å². The summed E-state index contributed by atoms with van der Waals surface area (Å²) >= 11 is 3.96. The van der Waals surface area contributed by atoms with Crippen LogP contribution < -0.4 is 0 Å². The highest BCUT2D eigenvalue weighted by molar-refractivity contribution is 7.80. The van der Waals surface area contributed by atoms with Crippen molar-refractivity contribution >= 4 is 21.9 Å². The van der Waals surface area contributed by atoms with E-state index in [0.29, 0.717) is 5.94 Å². The van der Waals surface area contributed by atoms with Gasteiger partial charge in [-0.3, -0.25) is 0 Å². The first-order valence-electron chi connectivity index (χ1n) is 3.27. The molecule has 1 atom stereocenters. The molecular weight excluding hydrogens is 152 g/mol. The van der Waals surface area contributed by atoms with Crippen LogP contribution in [0.2, 0.25) is 6.04 Å². The second-order valence-corrected chi connectivity index (χ2v) is 4.45. The van der Waals surface area contributed by atoms with Crippen molar-refractivity contribution in [3.63, 3.8) is 0 Å². The fraction of sp³-hybridized carbons (Fsp3) is 1.00.